The highest BCUT2D eigenvalue weighted by molar-refractivity contribution is 5.83. The van der Waals surface area contributed by atoms with E-state index in [0.29, 0.717) is 37.7 Å². The minimum absolute atomic E-state index is 0.347. The van der Waals surface area contributed by atoms with Gasteiger partial charge in [0.1, 0.15) is 12.7 Å². The topological polar surface area (TPSA) is 75.9 Å². The van der Waals surface area contributed by atoms with Gasteiger partial charge < -0.3 is 14.4 Å². The molecule has 0 bridgehead atoms. The normalized spacial score (nSPS) is 15.3. The summed E-state index contributed by atoms with van der Waals surface area (Å²) >= 11 is 0. The lowest BCUT2D eigenvalue weighted by Crippen LogP contribution is -2.47. The monoisotopic (exact) mass is 328 g/mol. The van der Waals surface area contributed by atoms with Gasteiger partial charge in [0.15, 0.2) is 28.6 Å². The molecule has 124 valence electrons. The summed E-state index contributed by atoms with van der Waals surface area (Å²) in [5.41, 5.74) is 1.96. The van der Waals surface area contributed by atoms with Crippen LogP contribution in [0, 0.1) is 12.7 Å². The Hall–Kier alpha value is -2.84. The molecule has 0 unspecified atom stereocenters. The molecule has 3 aromatic heterocycles. The Bertz CT molecular complexity index is 884. The fourth-order valence-electron chi connectivity index (χ4n) is 2.96. The third-order valence-electron chi connectivity index (χ3n) is 4.30. The molecule has 0 radical (unpaired) electrons. The van der Waals surface area contributed by atoms with E-state index in [9.17, 15) is 4.39 Å². The second kappa shape index (κ2) is 5.66. The molecular formula is C15H17FN8. The molecule has 0 aliphatic carbocycles. The van der Waals surface area contributed by atoms with Crippen molar-refractivity contribution in [3.63, 3.8) is 0 Å². The lowest BCUT2D eigenvalue weighted by atomic mass is 10.3. The molecule has 4 rings (SSSR count). The molecular weight excluding hydrogens is 311 g/mol. The maximum Gasteiger partial charge on any atom is 0.186 e. The first-order valence-corrected chi connectivity index (χ1v) is 7.74. The van der Waals surface area contributed by atoms with Gasteiger partial charge in [-0.25, -0.2) is 29.3 Å². The quantitative estimate of drug-likeness (QED) is 0.692. The number of anilines is 2. The molecule has 1 fully saturated rings. The second-order valence-corrected chi connectivity index (χ2v) is 5.80. The molecule has 24 heavy (non-hydrogen) atoms. The Labute approximate surface area is 138 Å². The van der Waals surface area contributed by atoms with Gasteiger partial charge in [-0.3, -0.25) is 0 Å². The van der Waals surface area contributed by atoms with Crippen LogP contribution in [0.1, 0.15) is 5.69 Å². The number of hydrogen-bond donors (Lipinski definition) is 0. The minimum atomic E-state index is -0.347. The first-order valence-electron chi connectivity index (χ1n) is 7.74. The van der Waals surface area contributed by atoms with Gasteiger partial charge in [0.2, 0.25) is 0 Å². The summed E-state index contributed by atoms with van der Waals surface area (Å²) in [6, 6.07) is 0. The van der Waals surface area contributed by atoms with Crippen LogP contribution in [-0.2, 0) is 7.05 Å². The van der Waals surface area contributed by atoms with Crippen molar-refractivity contribution in [3.05, 3.63) is 30.5 Å². The predicted molar refractivity (Wildman–Crippen MR) is 87.5 cm³/mol. The fourth-order valence-corrected chi connectivity index (χ4v) is 2.96. The van der Waals surface area contributed by atoms with Crippen LogP contribution in [0.25, 0.3) is 11.2 Å². The van der Waals surface area contributed by atoms with Crippen LogP contribution in [0.15, 0.2) is 19.0 Å². The number of aromatic nitrogens is 6. The van der Waals surface area contributed by atoms with Gasteiger partial charge in [-0.1, -0.05) is 0 Å². The Morgan fingerprint density at radius 3 is 2.25 bits per heavy atom. The van der Waals surface area contributed by atoms with Crippen molar-refractivity contribution < 1.29 is 4.39 Å². The van der Waals surface area contributed by atoms with Gasteiger partial charge in [0, 0.05) is 33.2 Å². The van der Waals surface area contributed by atoms with Crippen LogP contribution in [0.4, 0.5) is 16.0 Å². The number of rotatable bonds is 2. The van der Waals surface area contributed by atoms with Gasteiger partial charge in [-0.15, -0.1) is 0 Å². The predicted octanol–water partition coefficient (Wildman–Crippen LogP) is 0.927. The van der Waals surface area contributed by atoms with E-state index in [2.05, 4.69) is 29.8 Å². The zero-order chi connectivity index (χ0) is 16.7. The summed E-state index contributed by atoms with van der Waals surface area (Å²) in [4.78, 5) is 25.1. The zero-order valence-electron chi connectivity index (χ0n) is 13.5. The van der Waals surface area contributed by atoms with Crippen molar-refractivity contribution in [2.75, 3.05) is 36.0 Å². The number of aryl methyl sites for hydroxylation is 2. The van der Waals surface area contributed by atoms with E-state index in [-0.39, 0.29) is 5.82 Å². The highest BCUT2D eigenvalue weighted by Gasteiger charge is 2.24. The number of piperazine rings is 1. The second-order valence-electron chi connectivity index (χ2n) is 5.80. The molecule has 0 amide bonds. The molecule has 1 aliphatic rings. The molecule has 9 heteroatoms. The van der Waals surface area contributed by atoms with E-state index >= 15 is 0 Å². The van der Waals surface area contributed by atoms with E-state index in [1.807, 2.05) is 16.5 Å². The summed E-state index contributed by atoms with van der Waals surface area (Å²) in [6.07, 6.45) is 4.69. The maximum absolute atomic E-state index is 14.2. The van der Waals surface area contributed by atoms with Crippen molar-refractivity contribution in [2.45, 2.75) is 6.92 Å². The highest BCUT2D eigenvalue weighted by Crippen LogP contribution is 2.24. The van der Waals surface area contributed by atoms with Crippen LogP contribution in [0.2, 0.25) is 0 Å². The smallest absolute Gasteiger partial charge is 0.186 e. The Kier molecular flexibility index (Phi) is 3.47. The van der Waals surface area contributed by atoms with Gasteiger partial charge in [-0.2, -0.15) is 0 Å². The standard InChI is InChI=1S/C15H17FN8/c1-10-11(16)13(18-7-17-10)23-3-5-24(6-4-23)15-12-14(19-8-20-15)22(2)9-21-12/h7-9H,3-6H2,1-2H3. The first-order chi connectivity index (χ1) is 11.6. The van der Waals surface area contributed by atoms with E-state index < -0.39 is 0 Å². The van der Waals surface area contributed by atoms with Crippen LogP contribution in [-0.4, -0.2) is 55.7 Å². The first kappa shape index (κ1) is 14.7. The Morgan fingerprint density at radius 1 is 0.875 bits per heavy atom. The van der Waals surface area contributed by atoms with Gasteiger partial charge in [-0.05, 0) is 6.92 Å². The third kappa shape index (κ3) is 2.32. The van der Waals surface area contributed by atoms with Crippen LogP contribution in [0.3, 0.4) is 0 Å². The van der Waals surface area contributed by atoms with Crippen molar-refractivity contribution in [1.82, 2.24) is 29.5 Å². The average molecular weight is 328 g/mol. The van der Waals surface area contributed by atoms with Gasteiger partial charge >= 0.3 is 0 Å². The number of fused-ring (bicyclic) bond motifs is 1. The molecule has 1 saturated heterocycles. The summed E-state index contributed by atoms with van der Waals surface area (Å²) in [7, 11) is 1.91. The molecule has 3 aromatic rings. The Morgan fingerprint density at radius 2 is 1.50 bits per heavy atom. The highest BCUT2D eigenvalue weighted by atomic mass is 19.1. The molecule has 0 spiro atoms. The minimum Gasteiger partial charge on any atom is -0.351 e. The maximum atomic E-state index is 14.2. The van der Waals surface area contributed by atoms with Crippen LogP contribution < -0.4 is 9.80 Å². The fraction of sp³-hybridized carbons (Fsp3) is 0.400. The molecule has 0 aromatic carbocycles. The van der Waals surface area contributed by atoms with Gasteiger partial charge in [0.25, 0.3) is 0 Å². The van der Waals surface area contributed by atoms with E-state index in [1.54, 1.807) is 19.6 Å². The summed E-state index contributed by atoms with van der Waals surface area (Å²) in [5, 5.41) is 0. The van der Waals surface area contributed by atoms with Crippen molar-refractivity contribution in [1.29, 1.82) is 0 Å². The number of hydrogen-bond acceptors (Lipinski definition) is 7. The van der Waals surface area contributed by atoms with Crippen LogP contribution in [0.5, 0.6) is 0 Å². The molecule has 0 atom stereocenters. The average Bonchev–Trinajstić information content (AvgIpc) is 2.99. The van der Waals surface area contributed by atoms with E-state index in [0.717, 1.165) is 17.0 Å². The lowest BCUT2D eigenvalue weighted by molar-refractivity contribution is 0.573. The molecule has 8 nitrogen and oxygen atoms in total. The van der Waals surface area contributed by atoms with Gasteiger partial charge in [0.05, 0.1) is 12.0 Å². The SMILES string of the molecule is Cc1ncnc(N2CCN(c3ncnc4c3ncn4C)CC2)c1F. The summed E-state index contributed by atoms with van der Waals surface area (Å²) in [5.74, 6) is 0.840. The van der Waals surface area contributed by atoms with Crippen LogP contribution >= 0.6 is 0 Å². The van der Waals surface area contributed by atoms with Crippen molar-refractivity contribution in [3.8, 4) is 0 Å². The van der Waals surface area contributed by atoms with E-state index in [1.165, 1.54) is 6.33 Å². The van der Waals surface area contributed by atoms with Crippen molar-refractivity contribution >= 4 is 22.8 Å². The lowest BCUT2D eigenvalue weighted by Gasteiger charge is -2.36. The summed E-state index contributed by atoms with van der Waals surface area (Å²) < 4.78 is 16.1. The summed E-state index contributed by atoms with van der Waals surface area (Å²) in [6.45, 7) is 4.39. The largest absolute Gasteiger partial charge is 0.351 e. The number of halogens is 1. The molecule has 0 N–H and O–H groups in total. The molecule has 4 heterocycles. The van der Waals surface area contributed by atoms with E-state index in [4.69, 9.17) is 0 Å². The number of imidazole rings is 1. The van der Waals surface area contributed by atoms with Crippen molar-refractivity contribution in [2.24, 2.45) is 7.05 Å². The molecule has 0 saturated carbocycles. The zero-order valence-corrected chi connectivity index (χ0v) is 13.5. The molecule has 1 aliphatic heterocycles. The third-order valence-corrected chi connectivity index (χ3v) is 4.30. The number of nitrogens with zero attached hydrogens (tertiary/aromatic N) is 8. The Balaban J connectivity index is 1.56.